The van der Waals surface area contributed by atoms with E-state index in [-0.39, 0.29) is 18.2 Å². The highest BCUT2D eigenvalue weighted by Gasteiger charge is 2.13. The van der Waals surface area contributed by atoms with E-state index in [4.69, 9.17) is 14.2 Å². The Labute approximate surface area is 142 Å². The van der Waals surface area contributed by atoms with E-state index in [1.165, 1.54) is 6.92 Å². The first-order valence-electron chi connectivity index (χ1n) is 7.73. The molecule has 0 aromatic heterocycles. The van der Waals surface area contributed by atoms with Gasteiger partial charge in [0.1, 0.15) is 0 Å². The van der Waals surface area contributed by atoms with E-state index in [2.05, 4.69) is 5.32 Å². The van der Waals surface area contributed by atoms with Crippen molar-refractivity contribution in [3.63, 3.8) is 0 Å². The normalized spacial score (nSPS) is 10.2. The molecule has 1 N–H and O–H groups in total. The molecule has 0 spiro atoms. The Morgan fingerprint density at radius 2 is 1.83 bits per heavy atom. The van der Waals surface area contributed by atoms with Crippen LogP contribution in [0.5, 0.6) is 11.5 Å². The number of nitrogens with zero attached hydrogens (tertiary/aromatic N) is 1. The lowest BCUT2D eigenvalue weighted by Gasteiger charge is -2.21. The fourth-order valence-corrected chi connectivity index (χ4v) is 2.16. The summed E-state index contributed by atoms with van der Waals surface area (Å²) in [4.78, 5) is 25.2. The lowest BCUT2D eigenvalue weighted by molar-refractivity contribution is -0.130. The summed E-state index contributed by atoms with van der Waals surface area (Å²) < 4.78 is 15.3. The Hall–Kier alpha value is -2.28. The zero-order valence-electron chi connectivity index (χ0n) is 14.8. The van der Waals surface area contributed by atoms with Crippen molar-refractivity contribution in [3.8, 4) is 11.5 Å². The minimum Gasteiger partial charge on any atom is -0.493 e. The minimum absolute atomic E-state index is 0.0884. The monoisotopic (exact) mass is 338 g/mol. The summed E-state index contributed by atoms with van der Waals surface area (Å²) in [6.07, 6.45) is 0.247. The quantitative estimate of drug-likeness (QED) is 0.649. The van der Waals surface area contributed by atoms with E-state index < -0.39 is 0 Å². The van der Waals surface area contributed by atoms with Gasteiger partial charge in [-0.05, 0) is 17.7 Å². The van der Waals surface area contributed by atoms with Crippen LogP contribution in [-0.4, -0.2) is 57.7 Å². The molecule has 0 unspecified atom stereocenters. The highest BCUT2D eigenvalue weighted by atomic mass is 16.5. The van der Waals surface area contributed by atoms with Crippen LogP contribution in [0.4, 0.5) is 0 Å². The van der Waals surface area contributed by atoms with Gasteiger partial charge in [0.25, 0.3) is 0 Å². The van der Waals surface area contributed by atoms with Crippen molar-refractivity contribution in [1.82, 2.24) is 10.2 Å². The van der Waals surface area contributed by atoms with Crippen LogP contribution in [-0.2, 0) is 20.9 Å². The zero-order valence-corrected chi connectivity index (χ0v) is 14.8. The zero-order chi connectivity index (χ0) is 17.9. The number of rotatable bonds is 10. The van der Waals surface area contributed by atoms with Crippen molar-refractivity contribution in [1.29, 1.82) is 0 Å². The van der Waals surface area contributed by atoms with E-state index in [0.717, 1.165) is 5.56 Å². The number of nitrogens with one attached hydrogen (secondary N) is 1. The molecule has 0 aliphatic heterocycles. The maximum atomic E-state index is 11.8. The number of methoxy groups -OCH3 is 3. The standard InChI is InChI=1S/C17H26N2O5/c1-13(20)19(9-7-17(21)18-8-10-22-2)12-14-5-6-15(23-3)16(11-14)24-4/h5-6,11H,7-10,12H2,1-4H3,(H,18,21). The van der Waals surface area contributed by atoms with E-state index in [1.54, 1.807) is 32.3 Å². The Morgan fingerprint density at radius 1 is 1.12 bits per heavy atom. The van der Waals surface area contributed by atoms with Crippen molar-refractivity contribution in [3.05, 3.63) is 23.8 Å². The summed E-state index contributed by atoms with van der Waals surface area (Å²) in [7, 11) is 4.71. The molecule has 1 rings (SSSR count). The van der Waals surface area contributed by atoms with Crippen LogP contribution < -0.4 is 14.8 Å². The van der Waals surface area contributed by atoms with Gasteiger partial charge in [0, 0.05) is 40.1 Å². The number of ether oxygens (including phenoxy) is 3. The summed E-state index contributed by atoms with van der Waals surface area (Å²) in [6, 6.07) is 5.49. The van der Waals surface area contributed by atoms with Gasteiger partial charge in [-0.25, -0.2) is 0 Å². The maximum Gasteiger partial charge on any atom is 0.221 e. The predicted molar refractivity (Wildman–Crippen MR) is 90.1 cm³/mol. The average Bonchev–Trinajstić information content (AvgIpc) is 2.58. The van der Waals surface area contributed by atoms with Crippen LogP contribution >= 0.6 is 0 Å². The van der Waals surface area contributed by atoms with Crippen LogP contribution in [0.3, 0.4) is 0 Å². The second kappa shape index (κ2) is 10.5. The molecule has 7 heteroatoms. The molecular formula is C17H26N2O5. The predicted octanol–water partition coefficient (Wildman–Crippen LogP) is 1.20. The molecule has 0 fully saturated rings. The van der Waals surface area contributed by atoms with E-state index in [9.17, 15) is 9.59 Å². The SMILES string of the molecule is COCCNC(=O)CCN(Cc1ccc(OC)c(OC)c1)C(C)=O. The van der Waals surface area contributed by atoms with E-state index in [0.29, 0.717) is 37.7 Å². The Balaban J connectivity index is 2.63. The molecule has 0 atom stereocenters. The molecule has 1 aromatic carbocycles. The van der Waals surface area contributed by atoms with Gasteiger partial charge in [0.15, 0.2) is 11.5 Å². The van der Waals surface area contributed by atoms with Crippen LogP contribution in [0.1, 0.15) is 18.9 Å². The highest BCUT2D eigenvalue weighted by molar-refractivity contribution is 5.78. The smallest absolute Gasteiger partial charge is 0.221 e. The number of carbonyl (C=O) groups excluding carboxylic acids is 2. The average molecular weight is 338 g/mol. The Morgan fingerprint density at radius 3 is 2.42 bits per heavy atom. The fourth-order valence-electron chi connectivity index (χ4n) is 2.16. The molecule has 0 saturated heterocycles. The summed E-state index contributed by atoms with van der Waals surface area (Å²) in [5.41, 5.74) is 0.905. The van der Waals surface area contributed by atoms with Crippen molar-refractivity contribution < 1.29 is 23.8 Å². The number of amides is 2. The minimum atomic E-state index is -0.106. The Bertz CT molecular complexity index is 548. The lowest BCUT2D eigenvalue weighted by Crippen LogP contribution is -2.34. The highest BCUT2D eigenvalue weighted by Crippen LogP contribution is 2.28. The lowest BCUT2D eigenvalue weighted by atomic mass is 10.1. The molecule has 2 amide bonds. The Kier molecular flexibility index (Phi) is 8.64. The topological polar surface area (TPSA) is 77.1 Å². The van der Waals surface area contributed by atoms with Crippen molar-refractivity contribution in [2.45, 2.75) is 19.9 Å². The molecule has 0 aliphatic carbocycles. The van der Waals surface area contributed by atoms with Gasteiger partial charge in [-0.2, -0.15) is 0 Å². The molecule has 1 aromatic rings. The third-order valence-corrected chi connectivity index (χ3v) is 3.50. The summed E-state index contributed by atoms with van der Waals surface area (Å²) >= 11 is 0. The van der Waals surface area contributed by atoms with Gasteiger partial charge in [0.2, 0.25) is 11.8 Å². The molecule has 0 bridgehead atoms. The molecule has 7 nitrogen and oxygen atoms in total. The van der Waals surface area contributed by atoms with Gasteiger partial charge in [0.05, 0.1) is 20.8 Å². The summed E-state index contributed by atoms with van der Waals surface area (Å²) in [6.45, 7) is 3.17. The first-order valence-corrected chi connectivity index (χ1v) is 7.73. The number of benzene rings is 1. The largest absolute Gasteiger partial charge is 0.493 e. The summed E-state index contributed by atoms with van der Waals surface area (Å²) in [5, 5.41) is 2.74. The molecule has 0 heterocycles. The van der Waals surface area contributed by atoms with Crippen molar-refractivity contribution in [2.75, 3.05) is 41.0 Å². The van der Waals surface area contributed by atoms with Crippen LogP contribution in [0.25, 0.3) is 0 Å². The van der Waals surface area contributed by atoms with Crippen molar-refractivity contribution >= 4 is 11.8 Å². The number of hydrogen-bond acceptors (Lipinski definition) is 5. The van der Waals surface area contributed by atoms with Crippen molar-refractivity contribution in [2.24, 2.45) is 0 Å². The van der Waals surface area contributed by atoms with Gasteiger partial charge < -0.3 is 24.4 Å². The molecule has 0 radical (unpaired) electrons. The van der Waals surface area contributed by atoms with Crippen LogP contribution in [0, 0.1) is 0 Å². The third kappa shape index (κ3) is 6.45. The van der Waals surface area contributed by atoms with E-state index >= 15 is 0 Å². The van der Waals surface area contributed by atoms with Crippen LogP contribution in [0.2, 0.25) is 0 Å². The molecule has 134 valence electrons. The first-order chi connectivity index (χ1) is 11.5. The molecule has 0 aliphatic rings. The molecule has 0 saturated carbocycles. The van der Waals surface area contributed by atoms with Crippen LogP contribution in [0.15, 0.2) is 18.2 Å². The fraction of sp³-hybridized carbons (Fsp3) is 0.529. The number of carbonyl (C=O) groups is 2. The van der Waals surface area contributed by atoms with Gasteiger partial charge in [-0.3, -0.25) is 9.59 Å². The number of hydrogen-bond donors (Lipinski definition) is 1. The second-order valence-corrected chi connectivity index (χ2v) is 5.22. The second-order valence-electron chi connectivity index (χ2n) is 5.22. The van der Waals surface area contributed by atoms with Gasteiger partial charge >= 0.3 is 0 Å². The van der Waals surface area contributed by atoms with Gasteiger partial charge in [-0.15, -0.1) is 0 Å². The first kappa shape index (κ1) is 19.8. The van der Waals surface area contributed by atoms with E-state index in [1.807, 2.05) is 12.1 Å². The third-order valence-electron chi connectivity index (χ3n) is 3.50. The summed E-state index contributed by atoms with van der Waals surface area (Å²) in [5.74, 6) is 1.05. The molecule has 24 heavy (non-hydrogen) atoms. The maximum absolute atomic E-state index is 11.8. The van der Waals surface area contributed by atoms with Gasteiger partial charge in [-0.1, -0.05) is 6.07 Å². The molecular weight excluding hydrogens is 312 g/mol.